The number of rotatable bonds is 10. The van der Waals surface area contributed by atoms with Crippen molar-refractivity contribution >= 4 is 33.7 Å². The Kier molecular flexibility index (Phi) is 10.5. The number of likely N-dealkylation sites (tertiary alicyclic amines) is 1. The number of thioether (sulfide) groups is 1. The van der Waals surface area contributed by atoms with E-state index >= 15 is 4.39 Å². The molecule has 2 aromatic carbocycles. The van der Waals surface area contributed by atoms with Crippen LogP contribution in [0.4, 0.5) is 13.6 Å². The van der Waals surface area contributed by atoms with Crippen LogP contribution in [-0.4, -0.2) is 85.8 Å². The Hall–Kier alpha value is -2.78. The predicted octanol–water partition coefficient (Wildman–Crippen LogP) is 4.52. The lowest BCUT2D eigenvalue weighted by Crippen LogP contribution is -2.47. The van der Waals surface area contributed by atoms with Crippen molar-refractivity contribution in [3.8, 4) is 0 Å². The summed E-state index contributed by atoms with van der Waals surface area (Å²) in [6.07, 6.45) is 1.29. The number of amides is 1. The van der Waals surface area contributed by atoms with Crippen molar-refractivity contribution in [1.29, 1.82) is 0 Å². The maximum Gasteiger partial charge on any atom is 0.411 e. The third-order valence-electron chi connectivity index (χ3n) is 7.66. The van der Waals surface area contributed by atoms with Crippen LogP contribution in [0.15, 0.2) is 47.4 Å². The first kappa shape index (κ1) is 35.1. The van der Waals surface area contributed by atoms with Crippen LogP contribution in [0, 0.1) is 11.6 Å². The molecule has 14 heteroatoms. The molecule has 0 spiro atoms. The summed E-state index contributed by atoms with van der Waals surface area (Å²) < 4.78 is 75.8. The van der Waals surface area contributed by atoms with Gasteiger partial charge in [0.1, 0.15) is 35.5 Å². The number of hydrogen-bond donors (Lipinski definition) is 1. The maximum atomic E-state index is 15.2. The fourth-order valence-corrected chi connectivity index (χ4v) is 7.10. The zero-order valence-corrected chi connectivity index (χ0v) is 27.5. The van der Waals surface area contributed by atoms with Crippen molar-refractivity contribution in [2.75, 3.05) is 38.4 Å². The maximum absolute atomic E-state index is 15.2. The molecular formula is C31H39F2NO9S2. The lowest BCUT2D eigenvalue weighted by molar-refractivity contribution is -0.157. The van der Waals surface area contributed by atoms with E-state index in [1.807, 2.05) is 0 Å². The van der Waals surface area contributed by atoms with Crippen molar-refractivity contribution < 1.29 is 50.8 Å². The van der Waals surface area contributed by atoms with E-state index in [1.54, 1.807) is 39.8 Å². The molecule has 45 heavy (non-hydrogen) atoms. The number of carbonyl (C=O) groups is 2. The third-order valence-corrected chi connectivity index (χ3v) is 10.2. The molecule has 2 heterocycles. The summed E-state index contributed by atoms with van der Waals surface area (Å²) in [5.74, 6) is -3.89. The second kappa shape index (κ2) is 13.5. The highest BCUT2D eigenvalue weighted by Gasteiger charge is 2.46. The van der Waals surface area contributed by atoms with E-state index in [9.17, 15) is 27.5 Å². The average Bonchev–Trinajstić information content (AvgIpc) is 3.64. The van der Waals surface area contributed by atoms with Gasteiger partial charge in [0.25, 0.3) is 0 Å². The molecule has 1 N–H and O–H groups in total. The largest absolute Gasteiger partial charge is 0.461 e. The van der Waals surface area contributed by atoms with Crippen LogP contribution < -0.4 is 0 Å². The second-order valence-corrected chi connectivity index (χ2v) is 15.5. The van der Waals surface area contributed by atoms with Gasteiger partial charge < -0.3 is 24.1 Å². The number of esters is 1. The van der Waals surface area contributed by atoms with E-state index in [4.69, 9.17) is 18.9 Å². The first-order chi connectivity index (χ1) is 20.9. The SMILES string of the molecule is C[C@@H](SCC1(c2ccc(S(C)(=O)=O)cc2)OCCO1)[C@](O)(COC(=O)[C@@H]1CCCN1C(=O)OC(C)(C)C)c1ccc(F)cc1F. The predicted molar refractivity (Wildman–Crippen MR) is 162 cm³/mol. The van der Waals surface area contributed by atoms with E-state index in [-0.39, 0.29) is 36.0 Å². The highest BCUT2D eigenvalue weighted by Crippen LogP contribution is 2.41. The van der Waals surface area contributed by atoms with E-state index in [0.717, 1.165) is 30.2 Å². The molecule has 0 unspecified atom stereocenters. The minimum atomic E-state index is -3.43. The molecule has 0 saturated carbocycles. The Morgan fingerprint density at radius 2 is 1.78 bits per heavy atom. The molecule has 2 aliphatic heterocycles. The monoisotopic (exact) mass is 671 g/mol. The van der Waals surface area contributed by atoms with Crippen molar-refractivity contribution in [3.05, 3.63) is 65.2 Å². The minimum absolute atomic E-state index is 0.0838. The van der Waals surface area contributed by atoms with Crippen molar-refractivity contribution in [3.63, 3.8) is 0 Å². The summed E-state index contributed by atoms with van der Waals surface area (Å²) in [6, 6.07) is 7.82. The molecule has 0 radical (unpaired) electrons. The fraction of sp³-hybridized carbons (Fsp3) is 0.548. The molecule has 10 nitrogen and oxygen atoms in total. The summed E-state index contributed by atoms with van der Waals surface area (Å²) in [5.41, 5.74) is -2.67. The normalized spacial score (nSPS) is 20.4. The van der Waals surface area contributed by atoms with Crippen LogP contribution in [0.25, 0.3) is 0 Å². The molecule has 248 valence electrons. The standard InChI is InChI=1S/C31H39F2NO9S2/c1-20(44-19-31(41-15-16-42-31)21-8-11-23(12-9-21)45(5,38)39)30(37,24-13-10-22(32)17-25(24)33)18-40-27(35)26-7-6-14-34(26)28(36)43-29(2,3)4/h8-13,17,20,26,37H,6-7,14-16,18-19H2,1-5H3/t20-,26+,30-/m1/s1. The number of nitrogens with zero attached hydrogens (tertiary/aromatic N) is 1. The molecule has 1 amide bonds. The van der Waals surface area contributed by atoms with Crippen molar-refractivity contribution in [1.82, 2.24) is 4.90 Å². The fourth-order valence-electron chi connectivity index (χ4n) is 5.20. The van der Waals surface area contributed by atoms with Crippen LogP contribution >= 0.6 is 11.8 Å². The Bertz CT molecular complexity index is 1490. The molecule has 4 rings (SSSR count). The Labute approximate surface area is 266 Å². The Balaban J connectivity index is 1.55. The summed E-state index contributed by atoms with van der Waals surface area (Å²) in [7, 11) is -3.43. The summed E-state index contributed by atoms with van der Waals surface area (Å²) in [5, 5.41) is 11.1. The van der Waals surface area contributed by atoms with Gasteiger partial charge in [0.15, 0.2) is 9.84 Å². The molecule has 0 aliphatic carbocycles. The molecule has 2 aliphatic rings. The van der Waals surface area contributed by atoms with E-state index in [2.05, 4.69) is 0 Å². The number of carbonyl (C=O) groups excluding carboxylic acids is 2. The molecule has 2 saturated heterocycles. The van der Waals surface area contributed by atoms with Gasteiger partial charge >= 0.3 is 12.1 Å². The third kappa shape index (κ3) is 8.15. The van der Waals surface area contributed by atoms with Gasteiger partial charge in [0.05, 0.1) is 23.9 Å². The van der Waals surface area contributed by atoms with Gasteiger partial charge in [0, 0.05) is 35.2 Å². The van der Waals surface area contributed by atoms with Gasteiger partial charge in [-0.05, 0) is 51.8 Å². The van der Waals surface area contributed by atoms with Crippen molar-refractivity contribution in [2.45, 2.75) is 73.7 Å². The highest BCUT2D eigenvalue weighted by molar-refractivity contribution is 8.00. The van der Waals surface area contributed by atoms with Crippen LogP contribution in [-0.2, 0) is 45.0 Å². The zero-order chi connectivity index (χ0) is 33.2. The van der Waals surface area contributed by atoms with Gasteiger partial charge in [-0.15, -0.1) is 11.8 Å². The molecular weight excluding hydrogens is 632 g/mol. The van der Waals surface area contributed by atoms with Gasteiger partial charge in [-0.1, -0.05) is 25.1 Å². The zero-order valence-electron chi connectivity index (χ0n) is 25.9. The van der Waals surface area contributed by atoms with Gasteiger partial charge in [-0.25, -0.2) is 26.8 Å². The number of sulfone groups is 1. The Morgan fingerprint density at radius 3 is 2.36 bits per heavy atom. The first-order valence-corrected chi connectivity index (χ1v) is 17.4. The number of ether oxygens (including phenoxy) is 4. The van der Waals surface area contributed by atoms with E-state index in [1.165, 1.54) is 17.0 Å². The highest BCUT2D eigenvalue weighted by atomic mass is 32.2. The second-order valence-electron chi connectivity index (χ2n) is 12.2. The summed E-state index contributed by atoms with van der Waals surface area (Å²) in [4.78, 5) is 27.3. The van der Waals surface area contributed by atoms with Crippen LogP contribution in [0.3, 0.4) is 0 Å². The van der Waals surface area contributed by atoms with Crippen molar-refractivity contribution in [2.24, 2.45) is 0 Å². The number of benzene rings is 2. The van der Waals surface area contributed by atoms with E-state index < -0.39 is 68.4 Å². The summed E-state index contributed by atoms with van der Waals surface area (Å²) >= 11 is 1.13. The number of hydrogen-bond acceptors (Lipinski definition) is 10. The smallest absolute Gasteiger partial charge is 0.411 e. The van der Waals surface area contributed by atoms with Crippen LogP contribution in [0.1, 0.15) is 51.7 Å². The molecule has 2 fully saturated rings. The van der Waals surface area contributed by atoms with Crippen LogP contribution in [0.2, 0.25) is 0 Å². The Morgan fingerprint density at radius 1 is 1.13 bits per heavy atom. The average molecular weight is 672 g/mol. The minimum Gasteiger partial charge on any atom is -0.461 e. The number of aliphatic hydroxyl groups is 1. The van der Waals surface area contributed by atoms with Crippen LogP contribution in [0.5, 0.6) is 0 Å². The molecule has 0 bridgehead atoms. The van der Waals surface area contributed by atoms with Gasteiger partial charge in [0.2, 0.25) is 5.79 Å². The molecule has 0 aromatic heterocycles. The molecule has 2 aromatic rings. The van der Waals surface area contributed by atoms with Gasteiger partial charge in [-0.3, -0.25) is 4.90 Å². The first-order valence-electron chi connectivity index (χ1n) is 14.5. The van der Waals surface area contributed by atoms with Gasteiger partial charge in [-0.2, -0.15) is 0 Å². The lowest BCUT2D eigenvalue weighted by atomic mass is 9.91. The van der Waals surface area contributed by atoms with E-state index in [0.29, 0.717) is 24.5 Å². The quantitative estimate of drug-likeness (QED) is 0.360. The number of halogens is 2. The summed E-state index contributed by atoms with van der Waals surface area (Å²) in [6.45, 7) is 6.83. The topological polar surface area (TPSA) is 129 Å². The lowest BCUT2D eigenvalue weighted by Gasteiger charge is -2.36. The molecule has 3 atom stereocenters.